The van der Waals surface area contributed by atoms with Crippen LogP contribution in [0.5, 0.6) is 5.88 Å². The number of anilines is 1. The van der Waals surface area contributed by atoms with Crippen molar-refractivity contribution in [3.63, 3.8) is 0 Å². The molecule has 2 aromatic heterocycles. The van der Waals surface area contributed by atoms with E-state index in [9.17, 15) is 0 Å². The van der Waals surface area contributed by atoms with Crippen molar-refractivity contribution >= 4 is 16.9 Å². The first kappa shape index (κ1) is 12.3. The smallest absolute Gasteiger partial charge is 0.213 e. The molecule has 100 valence electrons. The summed E-state index contributed by atoms with van der Waals surface area (Å²) in [5, 5.41) is 3.25. The first-order valence-corrected chi connectivity index (χ1v) is 6.30. The highest BCUT2D eigenvalue weighted by atomic mass is 16.5. The number of rotatable bonds is 4. The van der Waals surface area contributed by atoms with Gasteiger partial charge in [-0.1, -0.05) is 12.1 Å². The molecule has 0 atom stereocenters. The topological polar surface area (TPSA) is 59.9 Å². The monoisotopic (exact) mass is 266 g/mol. The van der Waals surface area contributed by atoms with Crippen LogP contribution in [-0.4, -0.2) is 22.1 Å². The molecule has 0 saturated heterocycles. The van der Waals surface area contributed by atoms with E-state index in [1.165, 1.54) is 0 Å². The molecule has 0 radical (unpaired) electrons. The van der Waals surface area contributed by atoms with E-state index < -0.39 is 0 Å². The van der Waals surface area contributed by atoms with Crippen LogP contribution in [0.25, 0.3) is 11.0 Å². The van der Waals surface area contributed by atoms with Crippen molar-refractivity contribution < 1.29 is 4.74 Å². The van der Waals surface area contributed by atoms with E-state index in [4.69, 9.17) is 4.74 Å². The third kappa shape index (κ3) is 2.66. The summed E-state index contributed by atoms with van der Waals surface area (Å²) in [5.74, 6) is 1.35. The first-order chi connectivity index (χ1) is 9.85. The maximum absolute atomic E-state index is 5.10. The Kier molecular flexibility index (Phi) is 3.41. The Balaban J connectivity index is 1.76. The quantitative estimate of drug-likeness (QED) is 0.786. The lowest BCUT2D eigenvalue weighted by atomic mass is 10.2. The summed E-state index contributed by atoms with van der Waals surface area (Å²) in [5.41, 5.74) is 2.85. The van der Waals surface area contributed by atoms with Gasteiger partial charge in [0, 0.05) is 18.8 Å². The molecule has 2 heterocycles. The SMILES string of the molecule is COc1cc(CNc2cnc3ccccc3n2)ccn1. The standard InChI is InChI=1S/C15H14N4O/c1-20-15-8-11(6-7-16-15)9-18-14-10-17-12-4-2-3-5-13(12)19-14/h2-8,10H,9H2,1H3,(H,18,19). The molecular formula is C15H14N4O. The minimum Gasteiger partial charge on any atom is -0.481 e. The van der Waals surface area contributed by atoms with E-state index in [2.05, 4.69) is 20.3 Å². The molecule has 5 heteroatoms. The molecule has 20 heavy (non-hydrogen) atoms. The summed E-state index contributed by atoms with van der Waals surface area (Å²) >= 11 is 0. The predicted octanol–water partition coefficient (Wildman–Crippen LogP) is 2.65. The fraction of sp³-hybridized carbons (Fsp3) is 0.133. The number of para-hydroxylation sites is 2. The second-order valence-corrected chi connectivity index (χ2v) is 4.30. The van der Waals surface area contributed by atoms with E-state index in [1.54, 1.807) is 19.5 Å². The average Bonchev–Trinajstić information content (AvgIpc) is 2.53. The van der Waals surface area contributed by atoms with Gasteiger partial charge in [-0.05, 0) is 23.8 Å². The second kappa shape index (κ2) is 5.52. The maximum atomic E-state index is 5.10. The summed E-state index contributed by atoms with van der Waals surface area (Å²) in [6, 6.07) is 11.6. The Morgan fingerprint density at radius 3 is 2.80 bits per heavy atom. The Bertz CT molecular complexity index is 730. The Morgan fingerprint density at radius 1 is 1.10 bits per heavy atom. The molecule has 0 spiro atoms. The third-order valence-corrected chi connectivity index (χ3v) is 2.93. The van der Waals surface area contributed by atoms with Crippen molar-refractivity contribution in [2.75, 3.05) is 12.4 Å². The highest BCUT2D eigenvalue weighted by Gasteiger charge is 2.00. The van der Waals surface area contributed by atoms with Crippen molar-refractivity contribution in [2.45, 2.75) is 6.54 Å². The number of aromatic nitrogens is 3. The van der Waals surface area contributed by atoms with Gasteiger partial charge in [-0.25, -0.2) is 9.97 Å². The van der Waals surface area contributed by atoms with Crippen LogP contribution >= 0.6 is 0 Å². The first-order valence-electron chi connectivity index (χ1n) is 6.30. The zero-order valence-corrected chi connectivity index (χ0v) is 11.1. The van der Waals surface area contributed by atoms with Crippen LogP contribution in [0.1, 0.15) is 5.56 Å². The zero-order valence-electron chi connectivity index (χ0n) is 11.1. The van der Waals surface area contributed by atoms with Crippen LogP contribution in [0.15, 0.2) is 48.8 Å². The Morgan fingerprint density at radius 2 is 1.95 bits per heavy atom. The third-order valence-electron chi connectivity index (χ3n) is 2.93. The largest absolute Gasteiger partial charge is 0.481 e. The van der Waals surface area contributed by atoms with Crippen molar-refractivity contribution in [1.29, 1.82) is 0 Å². The molecular weight excluding hydrogens is 252 g/mol. The molecule has 3 aromatic rings. The number of nitrogens with zero attached hydrogens (tertiary/aromatic N) is 3. The molecule has 1 aromatic carbocycles. The van der Waals surface area contributed by atoms with Crippen LogP contribution in [0.4, 0.5) is 5.82 Å². The molecule has 0 aliphatic heterocycles. The fourth-order valence-electron chi connectivity index (χ4n) is 1.91. The molecule has 1 N–H and O–H groups in total. The molecule has 0 bridgehead atoms. The van der Waals surface area contributed by atoms with E-state index >= 15 is 0 Å². The molecule has 0 aliphatic rings. The number of nitrogens with one attached hydrogen (secondary N) is 1. The van der Waals surface area contributed by atoms with Gasteiger partial charge in [0.1, 0.15) is 5.82 Å². The number of pyridine rings is 1. The summed E-state index contributed by atoms with van der Waals surface area (Å²) in [6.07, 6.45) is 3.46. The van der Waals surface area contributed by atoms with Gasteiger partial charge in [-0.2, -0.15) is 0 Å². The van der Waals surface area contributed by atoms with Gasteiger partial charge in [-0.15, -0.1) is 0 Å². The molecule has 5 nitrogen and oxygen atoms in total. The zero-order chi connectivity index (χ0) is 13.8. The van der Waals surface area contributed by atoms with Crippen molar-refractivity contribution in [1.82, 2.24) is 15.0 Å². The lowest BCUT2D eigenvalue weighted by molar-refractivity contribution is 0.397. The highest BCUT2D eigenvalue weighted by Crippen LogP contribution is 2.13. The van der Waals surface area contributed by atoms with E-state index in [0.717, 1.165) is 22.4 Å². The minimum atomic E-state index is 0.605. The molecule has 3 rings (SSSR count). The predicted molar refractivity (Wildman–Crippen MR) is 77.7 cm³/mol. The van der Waals surface area contributed by atoms with Gasteiger partial charge in [0.15, 0.2) is 0 Å². The summed E-state index contributed by atoms with van der Waals surface area (Å²) in [7, 11) is 1.61. The summed E-state index contributed by atoms with van der Waals surface area (Å²) in [4.78, 5) is 13.0. The van der Waals surface area contributed by atoms with Gasteiger partial charge < -0.3 is 10.1 Å². The number of methoxy groups -OCH3 is 1. The second-order valence-electron chi connectivity index (χ2n) is 4.30. The number of fused-ring (bicyclic) bond motifs is 1. The summed E-state index contributed by atoms with van der Waals surface area (Å²) < 4.78 is 5.10. The number of ether oxygens (including phenoxy) is 1. The van der Waals surface area contributed by atoms with Gasteiger partial charge in [0.05, 0.1) is 24.3 Å². The average molecular weight is 266 g/mol. The maximum Gasteiger partial charge on any atom is 0.213 e. The normalized spacial score (nSPS) is 10.4. The Hall–Kier alpha value is -2.69. The van der Waals surface area contributed by atoms with Crippen molar-refractivity contribution in [2.24, 2.45) is 0 Å². The van der Waals surface area contributed by atoms with Gasteiger partial charge in [0.25, 0.3) is 0 Å². The molecule has 0 aliphatic carbocycles. The molecule has 0 fully saturated rings. The van der Waals surface area contributed by atoms with Crippen molar-refractivity contribution in [3.05, 3.63) is 54.4 Å². The molecule has 0 saturated carbocycles. The van der Waals surface area contributed by atoms with E-state index in [0.29, 0.717) is 12.4 Å². The number of hydrogen-bond donors (Lipinski definition) is 1. The lowest BCUT2D eigenvalue weighted by Gasteiger charge is -2.07. The van der Waals surface area contributed by atoms with Gasteiger partial charge in [0.2, 0.25) is 5.88 Å². The minimum absolute atomic E-state index is 0.605. The molecule has 0 amide bonds. The van der Waals surface area contributed by atoms with Crippen molar-refractivity contribution in [3.8, 4) is 5.88 Å². The van der Waals surface area contributed by atoms with Gasteiger partial charge >= 0.3 is 0 Å². The van der Waals surface area contributed by atoms with Crippen LogP contribution in [-0.2, 0) is 6.54 Å². The van der Waals surface area contributed by atoms with Crippen LogP contribution in [0.2, 0.25) is 0 Å². The van der Waals surface area contributed by atoms with Crippen LogP contribution in [0.3, 0.4) is 0 Å². The van der Waals surface area contributed by atoms with E-state index in [1.807, 2.05) is 36.4 Å². The lowest BCUT2D eigenvalue weighted by Crippen LogP contribution is -2.02. The van der Waals surface area contributed by atoms with Gasteiger partial charge in [-0.3, -0.25) is 4.98 Å². The van der Waals surface area contributed by atoms with E-state index in [-0.39, 0.29) is 0 Å². The number of benzene rings is 1. The Labute approximate surface area is 116 Å². The summed E-state index contributed by atoms with van der Waals surface area (Å²) in [6.45, 7) is 0.645. The van der Waals surface area contributed by atoms with Crippen LogP contribution in [0, 0.1) is 0 Å². The molecule has 0 unspecified atom stereocenters. The fourth-order valence-corrected chi connectivity index (χ4v) is 1.91. The number of hydrogen-bond acceptors (Lipinski definition) is 5. The van der Waals surface area contributed by atoms with Crippen LogP contribution < -0.4 is 10.1 Å². The highest BCUT2D eigenvalue weighted by molar-refractivity contribution is 5.75.